The Labute approximate surface area is 160 Å². The van der Waals surface area contributed by atoms with Gasteiger partial charge in [-0.1, -0.05) is 36.4 Å². The van der Waals surface area contributed by atoms with Crippen molar-refractivity contribution in [3.63, 3.8) is 0 Å². The molecule has 0 aliphatic carbocycles. The van der Waals surface area contributed by atoms with Crippen LogP contribution in [0, 0.1) is 6.92 Å². The molecule has 0 spiro atoms. The average Bonchev–Trinajstić information content (AvgIpc) is 2.72. The van der Waals surface area contributed by atoms with Gasteiger partial charge in [-0.2, -0.15) is 0 Å². The molecule has 0 bridgehead atoms. The zero-order chi connectivity index (χ0) is 19.4. The number of benzene rings is 3. The van der Waals surface area contributed by atoms with Crippen LogP contribution in [0.5, 0.6) is 17.2 Å². The van der Waals surface area contributed by atoms with E-state index in [1.807, 2.05) is 67.6 Å². The first kappa shape index (κ1) is 19.1. The Morgan fingerprint density at radius 2 is 1.33 bits per heavy atom. The van der Waals surface area contributed by atoms with Crippen molar-refractivity contribution in [2.75, 3.05) is 21.3 Å². The Kier molecular flexibility index (Phi) is 5.88. The molecule has 1 atom stereocenters. The molecule has 140 valence electrons. The molecule has 0 aliphatic heterocycles. The normalized spacial score (nSPS) is 11.7. The second kappa shape index (κ2) is 8.32. The molecule has 0 heterocycles. The van der Waals surface area contributed by atoms with E-state index in [0.717, 1.165) is 22.0 Å². The Morgan fingerprint density at radius 3 is 1.96 bits per heavy atom. The average molecular weight is 382 g/mol. The molecule has 0 N–H and O–H groups in total. The van der Waals surface area contributed by atoms with Gasteiger partial charge in [0.15, 0.2) is 0 Å². The third-order valence-electron chi connectivity index (χ3n) is 4.47. The number of hydrogen-bond acceptors (Lipinski definition) is 4. The lowest BCUT2D eigenvalue weighted by atomic mass is 10.0. The van der Waals surface area contributed by atoms with Crippen molar-refractivity contribution in [3.8, 4) is 28.4 Å². The number of hydrogen-bond donors (Lipinski definition) is 0. The first-order valence-electron chi connectivity index (χ1n) is 8.60. The molecule has 3 rings (SSSR count). The summed E-state index contributed by atoms with van der Waals surface area (Å²) in [5, 5.41) is 1.45. The Balaban J connectivity index is 2.21. The smallest absolute Gasteiger partial charge is 0.136 e. The topological polar surface area (TPSA) is 44.8 Å². The lowest BCUT2D eigenvalue weighted by molar-refractivity contribution is 0.397. The van der Waals surface area contributed by atoms with Crippen molar-refractivity contribution < 1.29 is 18.8 Å². The molecule has 3 aromatic carbocycles. The molecule has 0 aromatic heterocycles. The van der Waals surface area contributed by atoms with Crippen LogP contribution in [0.15, 0.2) is 60.7 Å². The summed E-state index contributed by atoms with van der Waals surface area (Å²) >= 11 is 0. The second-order valence-electron chi connectivity index (χ2n) is 6.12. The van der Waals surface area contributed by atoms with Gasteiger partial charge >= 0.3 is 0 Å². The van der Waals surface area contributed by atoms with Crippen molar-refractivity contribution in [1.82, 2.24) is 0 Å². The fraction of sp³-hybridized carbons (Fsp3) is 0.182. The van der Waals surface area contributed by atoms with Crippen LogP contribution in [0.3, 0.4) is 0 Å². The molecule has 27 heavy (non-hydrogen) atoms. The summed E-state index contributed by atoms with van der Waals surface area (Å²) in [7, 11) is 2.52. The highest BCUT2D eigenvalue weighted by Gasteiger charge is 2.21. The monoisotopic (exact) mass is 382 g/mol. The van der Waals surface area contributed by atoms with E-state index in [1.54, 1.807) is 21.3 Å². The van der Waals surface area contributed by atoms with E-state index < -0.39 is 7.80 Å². The van der Waals surface area contributed by atoms with Gasteiger partial charge in [0.25, 0.3) is 0 Å². The summed E-state index contributed by atoms with van der Waals surface area (Å²) in [5.41, 5.74) is 2.69. The van der Waals surface area contributed by atoms with Crippen LogP contribution in [0.2, 0.25) is 0 Å². The summed E-state index contributed by atoms with van der Waals surface area (Å²) in [6.45, 7) is 1.98. The van der Waals surface area contributed by atoms with Gasteiger partial charge in [0, 0.05) is 5.30 Å². The maximum absolute atomic E-state index is 13.6. The lowest BCUT2D eigenvalue weighted by Gasteiger charge is -2.17. The first-order chi connectivity index (χ1) is 13.1. The standard InChI is InChI=1S/C22H23O4P/c1-15-12-13-21(19(14-15)26-4)27(23)20-11-6-5-8-16(20)22-17(24-2)9-7-10-18(22)25-3/h5-14,27H,1-4H3. The van der Waals surface area contributed by atoms with Gasteiger partial charge in [-0.3, -0.25) is 0 Å². The summed E-state index contributed by atoms with van der Waals surface area (Å²) in [6.07, 6.45) is 0. The van der Waals surface area contributed by atoms with Crippen LogP contribution in [0.4, 0.5) is 0 Å². The van der Waals surface area contributed by atoms with E-state index in [0.29, 0.717) is 22.6 Å². The maximum atomic E-state index is 13.6. The largest absolute Gasteiger partial charge is 0.496 e. The van der Waals surface area contributed by atoms with Crippen molar-refractivity contribution >= 4 is 18.4 Å². The van der Waals surface area contributed by atoms with E-state index in [1.165, 1.54) is 0 Å². The van der Waals surface area contributed by atoms with Gasteiger partial charge in [0.2, 0.25) is 0 Å². The number of aryl methyl sites for hydroxylation is 1. The molecule has 3 aromatic rings. The summed E-state index contributed by atoms with van der Waals surface area (Å²) in [6, 6.07) is 19.0. The highest BCUT2D eigenvalue weighted by atomic mass is 31.1. The molecule has 0 aliphatic rings. The molecule has 1 unspecified atom stereocenters. The van der Waals surface area contributed by atoms with Crippen LogP contribution in [-0.4, -0.2) is 21.3 Å². The van der Waals surface area contributed by atoms with Crippen LogP contribution in [0.25, 0.3) is 11.1 Å². The highest BCUT2D eigenvalue weighted by molar-refractivity contribution is 7.62. The third kappa shape index (κ3) is 3.72. The summed E-state index contributed by atoms with van der Waals surface area (Å²) in [4.78, 5) is 0. The van der Waals surface area contributed by atoms with E-state index in [-0.39, 0.29) is 0 Å². The van der Waals surface area contributed by atoms with Gasteiger partial charge in [-0.15, -0.1) is 0 Å². The minimum absolute atomic E-state index is 0.640. The fourth-order valence-electron chi connectivity index (χ4n) is 3.15. The van der Waals surface area contributed by atoms with Crippen molar-refractivity contribution in [3.05, 3.63) is 66.2 Å². The predicted molar refractivity (Wildman–Crippen MR) is 111 cm³/mol. The zero-order valence-electron chi connectivity index (χ0n) is 15.9. The SMILES string of the molecule is COc1cc(C)ccc1[PH](=O)c1ccccc1-c1c(OC)cccc1OC. The fourth-order valence-corrected chi connectivity index (χ4v) is 4.77. The molecule has 0 amide bonds. The van der Waals surface area contributed by atoms with Crippen molar-refractivity contribution in [2.45, 2.75) is 6.92 Å². The Morgan fingerprint density at radius 1 is 0.704 bits per heavy atom. The van der Waals surface area contributed by atoms with Crippen LogP contribution in [0.1, 0.15) is 5.56 Å². The number of methoxy groups -OCH3 is 3. The minimum atomic E-state index is -2.32. The van der Waals surface area contributed by atoms with Crippen LogP contribution < -0.4 is 24.8 Å². The van der Waals surface area contributed by atoms with Crippen LogP contribution >= 0.6 is 7.80 Å². The minimum Gasteiger partial charge on any atom is -0.496 e. The summed E-state index contributed by atoms with van der Waals surface area (Å²) < 4.78 is 30.1. The lowest BCUT2D eigenvalue weighted by Crippen LogP contribution is -2.12. The molecule has 0 saturated carbocycles. The van der Waals surface area contributed by atoms with Gasteiger partial charge < -0.3 is 18.8 Å². The molecule has 5 heteroatoms. The quantitative estimate of drug-likeness (QED) is 0.600. The van der Waals surface area contributed by atoms with E-state index in [9.17, 15) is 4.57 Å². The molecular weight excluding hydrogens is 359 g/mol. The molecule has 0 fully saturated rings. The number of ether oxygens (including phenoxy) is 3. The second-order valence-corrected chi connectivity index (χ2v) is 7.85. The van der Waals surface area contributed by atoms with Gasteiger partial charge in [-0.05, 0) is 42.3 Å². The summed E-state index contributed by atoms with van der Waals surface area (Å²) in [5.74, 6) is 1.99. The van der Waals surface area contributed by atoms with Crippen molar-refractivity contribution in [1.29, 1.82) is 0 Å². The van der Waals surface area contributed by atoms with Crippen molar-refractivity contribution in [2.24, 2.45) is 0 Å². The maximum Gasteiger partial charge on any atom is 0.136 e. The Bertz CT molecular complexity index is 960. The number of rotatable bonds is 6. The molecule has 0 saturated heterocycles. The predicted octanol–water partition coefficient (Wildman–Crippen LogP) is 4.20. The van der Waals surface area contributed by atoms with Crippen LogP contribution in [-0.2, 0) is 4.57 Å². The van der Waals surface area contributed by atoms with Gasteiger partial charge in [0.05, 0.1) is 32.2 Å². The Hall–Kier alpha value is -2.71. The first-order valence-corrected chi connectivity index (χ1v) is 10.0. The molecular formula is C22H23O4P. The third-order valence-corrected chi connectivity index (χ3v) is 6.30. The van der Waals surface area contributed by atoms with E-state index in [2.05, 4.69) is 0 Å². The molecule has 4 nitrogen and oxygen atoms in total. The van der Waals surface area contributed by atoms with E-state index in [4.69, 9.17) is 14.2 Å². The highest BCUT2D eigenvalue weighted by Crippen LogP contribution is 2.40. The molecule has 0 radical (unpaired) electrons. The zero-order valence-corrected chi connectivity index (χ0v) is 16.9. The van der Waals surface area contributed by atoms with Gasteiger partial charge in [0.1, 0.15) is 25.0 Å². The van der Waals surface area contributed by atoms with Gasteiger partial charge in [-0.25, -0.2) is 0 Å². The van der Waals surface area contributed by atoms with E-state index >= 15 is 0 Å².